The van der Waals surface area contributed by atoms with Crippen molar-refractivity contribution < 1.29 is 14.3 Å². The standard InChI is InChI=1S/C19H23NO3/c1-4-16(23-18-13-9-8-12-17(18)22-3)19(21)20(2)14-15-10-6-5-7-11-15/h5-13,16H,4,14H2,1-3H3/t16-/m0/s1. The molecule has 1 amide bonds. The summed E-state index contributed by atoms with van der Waals surface area (Å²) in [7, 11) is 3.38. The van der Waals surface area contributed by atoms with Crippen molar-refractivity contribution in [3.63, 3.8) is 0 Å². The quantitative estimate of drug-likeness (QED) is 0.785. The van der Waals surface area contributed by atoms with Gasteiger partial charge >= 0.3 is 0 Å². The molecular weight excluding hydrogens is 290 g/mol. The van der Waals surface area contributed by atoms with Gasteiger partial charge in [0.1, 0.15) is 0 Å². The zero-order valence-electron chi connectivity index (χ0n) is 13.9. The largest absolute Gasteiger partial charge is 0.493 e. The predicted octanol–water partition coefficient (Wildman–Crippen LogP) is 3.51. The van der Waals surface area contributed by atoms with Gasteiger partial charge in [-0.15, -0.1) is 0 Å². The SMILES string of the molecule is CC[C@H](Oc1ccccc1OC)C(=O)N(C)Cc1ccccc1. The number of hydrogen-bond acceptors (Lipinski definition) is 3. The molecule has 0 N–H and O–H groups in total. The summed E-state index contributed by atoms with van der Waals surface area (Å²) in [6.07, 6.45) is 0.0655. The lowest BCUT2D eigenvalue weighted by molar-refractivity contribution is -0.138. The number of rotatable bonds is 7. The van der Waals surface area contributed by atoms with Crippen LogP contribution in [-0.4, -0.2) is 31.1 Å². The van der Waals surface area contributed by atoms with Crippen LogP contribution in [-0.2, 0) is 11.3 Å². The van der Waals surface area contributed by atoms with E-state index >= 15 is 0 Å². The third kappa shape index (κ3) is 4.49. The maximum absolute atomic E-state index is 12.6. The van der Waals surface area contributed by atoms with Gasteiger partial charge in [-0.25, -0.2) is 0 Å². The molecule has 2 aromatic rings. The molecule has 0 aliphatic heterocycles. The molecule has 2 rings (SSSR count). The molecule has 0 unspecified atom stereocenters. The van der Waals surface area contributed by atoms with Crippen molar-refractivity contribution in [1.82, 2.24) is 4.90 Å². The van der Waals surface area contributed by atoms with Crippen molar-refractivity contribution >= 4 is 5.91 Å². The Bertz CT molecular complexity index is 628. The van der Waals surface area contributed by atoms with Gasteiger partial charge in [-0.1, -0.05) is 49.4 Å². The van der Waals surface area contributed by atoms with E-state index in [9.17, 15) is 4.79 Å². The van der Waals surface area contributed by atoms with Crippen molar-refractivity contribution in [2.24, 2.45) is 0 Å². The summed E-state index contributed by atoms with van der Waals surface area (Å²) < 4.78 is 11.2. The van der Waals surface area contributed by atoms with Gasteiger partial charge in [-0.2, -0.15) is 0 Å². The second kappa shape index (κ2) is 8.22. The van der Waals surface area contributed by atoms with Crippen molar-refractivity contribution in [1.29, 1.82) is 0 Å². The number of hydrogen-bond donors (Lipinski definition) is 0. The zero-order valence-corrected chi connectivity index (χ0v) is 13.9. The summed E-state index contributed by atoms with van der Waals surface area (Å²) in [5.41, 5.74) is 1.09. The lowest BCUT2D eigenvalue weighted by Gasteiger charge is -2.24. The average molecular weight is 313 g/mol. The van der Waals surface area contributed by atoms with Gasteiger partial charge in [0, 0.05) is 13.6 Å². The first-order chi connectivity index (χ1) is 11.2. The molecule has 2 aromatic carbocycles. The molecule has 0 radical (unpaired) electrons. The fraction of sp³-hybridized carbons (Fsp3) is 0.316. The Kier molecular flexibility index (Phi) is 6.03. The van der Waals surface area contributed by atoms with E-state index in [0.29, 0.717) is 24.5 Å². The molecule has 0 aromatic heterocycles. The number of carbonyl (C=O) groups is 1. The molecule has 0 saturated heterocycles. The van der Waals surface area contributed by atoms with Crippen LogP contribution in [0.3, 0.4) is 0 Å². The Hall–Kier alpha value is -2.49. The highest BCUT2D eigenvalue weighted by atomic mass is 16.5. The summed E-state index contributed by atoms with van der Waals surface area (Å²) in [5.74, 6) is 1.18. The summed E-state index contributed by atoms with van der Waals surface area (Å²) in [6, 6.07) is 17.3. The molecule has 122 valence electrons. The van der Waals surface area contributed by atoms with E-state index in [2.05, 4.69) is 0 Å². The van der Waals surface area contributed by atoms with Crippen LogP contribution in [0.4, 0.5) is 0 Å². The molecule has 0 spiro atoms. The monoisotopic (exact) mass is 313 g/mol. The Morgan fingerprint density at radius 1 is 1.04 bits per heavy atom. The van der Waals surface area contributed by atoms with Gasteiger partial charge in [0.05, 0.1) is 7.11 Å². The maximum Gasteiger partial charge on any atom is 0.263 e. The molecule has 0 fully saturated rings. The molecular formula is C19H23NO3. The molecule has 23 heavy (non-hydrogen) atoms. The average Bonchev–Trinajstić information content (AvgIpc) is 2.60. The van der Waals surface area contributed by atoms with E-state index < -0.39 is 6.10 Å². The second-order valence-electron chi connectivity index (χ2n) is 5.35. The highest BCUT2D eigenvalue weighted by molar-refractivity contribution is 5.81. The van der Waals surface area contributed by atoms with Gasteiger partial charge in [-0.05, 0) is 24.1 Å². The first-order valence-corrected chi connectivity index (χ1v) is 7.74. The summed E-state index contributed by atoms with van der Waals surface area (Å²) in [4.78, 5) is 14.3. The third-order valence-corrected chi connectivity index (χ3v) is 3.62. The highest BCUT2D eigenvalue weighted by Gasteiger charge is 2.23. The first kappa shape index (κ1) is 16.9. The topological polar surface area (TPSA) is 38.8 Å². The molecule has 0 heterocycles. The predicted molar refractivity (Wildman–Crippen MR) is 90.6 cm³/mol. The number of benzene rings is 2. The molecule has 4 heteroatoms. The van der Waals surface area contributed by atoms with Gasteiger partial charge in [0.15, 0.2) is 17.6 Å². The van der Waals surface area contributed by atoms with Crippen molar-refractivity contribution in [2.75, 3.05) is 14.2 Å². The van der Waals surface area contributed by atoms with Crippen molar-refractivity contribution in [2.45, 2.75) is 26.0 Å². The maximum atomic E-state index is 12.6. The second-order valence-corrected chi connectivity index (χ2v) is 5.35. The number of carbonyl (C=O) groups excluding carboxylic acids is 1. The number of ether oxygens (including phenoxy) is 2. The van der Waals surface area contributed by atoms with Crippen LogP contribution in [0.1, 0.15) is 18.9 Å². The van der Waals surface area contributed by atoms with E-state index in [1.54, 1.807) is 19.1 Å². The summed E-state index contributed by atoms with van der Waals surface area (Å²) in [6.45, 7) is 2.50. The lowest BCUT2D eigenvalue weighted by Crippen LogP contribution is -2.39. The molecule has 4 nitrogen and oxygen atoms in total. The molecule has 1 atom stereocenters. The number of methoxy groups -OCH3 is 1. The third-order valence-electron chi connectivity index (χ3n) is 3.62. The van der Waals surface area contributed by atoms with Crippen LogP contribution in [0.25, 0.3) is 0 Å². The minimum absolute atomic E-state index is 0.0396. The van der Waals surface area contributed by atoms with Gasteiger partial charge in [0.2, 0.25) is 0 Å². The van der Waals surface area contributed by atoms with E-state index in [4.69, 9.17) is 9.47 Å². The molecule has 0 bridgehead atoms. The minimum atomic E-state index is -0.528. The normalized spacial score (nSPS) is 11.6. The van der Waals surface area contributed by atoms with Crippen LogP contribution in [0.15, 0.2) is 54.6 Å². The zero-order chi connectivity index (χ0) is 16.7. The number of para-hydroxylation sites is 2. The highest BCUT2D eigenvalue weighted by Crippen LogP contribution is 2.27. The number of nitrogens with zero attached hydrogens (tertiary/aromatic N) is 1. The molecule has 0 saturated carbocycles. The minimum Gasteiger partial charge on any atom is -0.493 e. The smallest absolute Gasteiger partial charge is 0.263 e. The van der Waals surface area contributed by atoms with E-state index in [0.717, 1.165) is 5.56 Å². The Morgan fingerprint density at radius 2 is 1.65 bits per heavy atom. The Labute approximate surface area is 137 Å². The van der Waals surface area contributed by atoms with E-state index in [1.807, 2.05) is 61.5 Å². The van der Waals surface area contributed by atoms with Crippen molar-refractivity contribution in [3.8, 4) is 11.5 Å². The van der Waals surface area contributed by atoms with Crippen LogP contribution in [0, 0.1) is 0 Å². The van der Waals surface area contributed by atoms with Crippen LogP contribution < -0.4 is 9.47 Å². The molecule has 0 aliphatic carbocycles. The van der Waals surface area contributed by atoms with Gasteiger partial charge in [0.25, 0.3) is 5.91 Å². The number of amides is 1. The van der Waals surface area contributed by atoms with Crippen molar-refractivity contribution in [3.05, 3.63) is 60.2 Å². The van der Waals surface area contributed by atoms with Crippen LogP contribution in [0.5, 0.6) is 11.5 Å². The first-order valence-electron chi connectivity index (χ1n) is 7.74. The number of likely N-dealkylation sites (N-methyl/N-ethyl adjacent to an activating group) is 1. The van der Waals surface area contributed by atoms with Gasteiger partial charge < -0.3 is 14.4 Å². The van der Waals surface area contributed by atoms with Crippen LogP contribution in [0.2, 0.25) is 0 Å². The lowest BCUT2D eigenvalue weighted by atomic mass is 10.2. The molecule has 0 aliphatic rings. The fourth-order valence-electron chi connectivity index (χ4n) is 2.36. The van der Waals surface area contributed by atoms with Gasteiger partial charge in [-0.3, -0.25) is 4.79 Å². The Morgan fingerprint density at radius 3 is 2.26 bits per heavy atom. The van der Waals surface area contributed by atoms with E-state index in [1.165, 1.54) is 0 Å². The summed E-state index contributed by atoms with van der Waals surface area (Å²) in [5, 5.41) is 0. The summed E-state index contributed by atoms with van der Waals surface area (Å²) >= 11 is 0. The Balaban J connectivity index is 2.06. The van der Waals surface area contributed by atoms with E-state index in [-0.39, 0.29) is 5.91 Å². The fourth-order valence-corrected chi connectivity index (χ4v) is 2.36. The van der Waals surface area contributed by atoms with Crippen LogP contribution >= 0.6 is 0 Å².